The van der Waals surface area contributed by atoms with Crippen LogP contribution in [0.2, 0.25) is 5.25 Å². The van der Waals surface area contributed by atoms with Gasteiger partial charge in [-0.2, -0.15) is 0 Å². The van der Waals surface area contributed by atoms with Crippen LogP contribution in [0.5, 0.6) is 0 Å². The summed E-state index contributed by atoms with van der Waals surface area (Å²) < 4.78 is 0. The van der Waals surface area contributed by atoms with Gasteiger partial charge in [-0.25, -0.2) is 0 Å². The van der Waals surface area contributed by atoms with Crippen molar-refractivity contribution in [1.29, 1.82) is 0 Å². The molecule has 0 heterocycles. The first kappa shape index (κ1) is 4.54. The Labute approximate surface area is 35.8 Å². The molecular weight excluding hydrogens is 109 g/mol. The zero-order chi connectivity index (χ0) is 3.41. The molecule has 0 amide bonds. The predicted octanol–water partition coefficient (Wildman–Crippen LogP) is 0.983. The van der Waals surface area contributed by atoms with Crippen LogP contribution in [0.1, 0.15) is 13.3 Å². The molecule has 0 atom stereocenters. The Balaban J connectivity index is 1.97. The van der Waals surface area contributed by atoms with Crippen molar-refractivity contribution in [2.75, 3.05) is 0 Å². The van der Waals surface area contributed by atoms with Crippen molar-refractivity contribution in [1.82, 2.24) is 0 Å². The summed E-state index contributed by atoms with van der Waals surface area (Å²) in [5.74, 6) is 0. The van der Waals surface area contributed by atoms with Crippen LogP contribution in [-0.4, -0.2) is 16.5 Å². The quantitative estimate of drug-likeness (QED) is 0.447. The van der Waals surface area contributed by atoms with Crippen LogP contribution < -0.4 is 0 Å². The van der Waals surface area contributed by atoms with Gasteiger partial charge in [0, 0.05) is 0 Å². The van der Waals surface area contributed by atoms with E-state index >= 15 is 0 Å². The molecule has 0 aromatic rings. The summed E-state index contributed by atoms with van der Waals surface area (Å²) in [6.07, 6.45) is 1.32. The molecule has 1 heteroatoms. The van der Waals surface area contributed by atoms with Crippen molar-refractivity contribution in [2.45, 2.75) is 18.6 Å². The third-order valence-electron chi connectivity index (χ3n) is 0.250. The predicted molar refractivity (Wildman–Crippen MR) is 20.9 cm³/mol. The molecule has 0 rings (SSSR count). The Bertz CT molecular complexity index is 5.25. The molecule has 4 heavy (non-hydrogen) atoms. The number of hydrogen-bond donors (Lipinski definition) is 0. The first-order chi connectivity index (χ1) is 1.91. The van der Waals surface area contributed by atoms with Gasteiger partial charge in [-0.1, -0.05) is 0 Å². The first-order valence-corrected chi connectivity index (χ1v) is 3.04. The zero-order valence-corrected chi connectivity index (χ0v) is 5.01. The van der Waals surface area contributed by atoms with E-state index < -0.39 is 0 Å². The van der Waals surface area contributed by atoms with Crippen LogP contribution in [0.25, 0.3) is 0 Å². The van der Waals surface area contributed by atoms with Crippen LogP contribution in [0.15, 0.2) is 0 Å². The van der Waals surface area contributed by atoms with Crippen molar-refractivity contribution in [3.8, 4) is 0 Å². The molecule has 0 N–H and O–H groups in total. The Morgan fingerprint density at radius 3 is 2.00 bits per heavy atom. The number of hydrogen-bond acceptors (Lipinski definition) is 0. The SMILES string of the molecule is CC[CH2][Ge]. The minimum atomic E-state index is 1.32. The van der Waals surface area contributed by atoms with Gasteiger partial charge in [0.05, 0.1) is 0 Å². The van der Waals surface area contributed by atoms with Gasteiger partial charge in [0.1, 0.15) is 0 Å². The van der Waals surface area contributed by atoms with Gasteiger partial charge in [0.15, 0.2) is 0 Å². The molecule has 0 saturated heterocycles. The second-order valence-electron chi connectivity index (χ2n) is 0.750. The van der Waals surface area contributed by atoms with Crippen LogP contribution in [0.4, 0.5) is 0 Å². The Morgan fingerprint density at radius 2 is 2.00 bits per heavy atom. The second-order valence-corrected chi connectivity index (χ2v) is 1.80. The summed E-state index contributed by atoms with van der Waals surface area (Å²) in [6, 6.07) is 0. The Morgan fingerprint density at radius 1 is 1.75 bits per heavy atom. The summed E-state index contributed by atoms with van der Waals surface area (Å²) in [5.41, 5.74) is 0. The maximum absolute atomic E-state index is 2.18. The molecule has 0 aliphatic carbocycles. The molecule has 0 spiro atoms. The van der Waals surface area contributed by atoms with Gasteiger partial charge in [-0.3, -0.25) is 0 Å². The summed E-state index contributed by atoms with van der Waals surface area (Å²) in [6.45, 7) is 2.18. The second kappa shape index (κ2) is 3.54. The fourth-order valence-corrected chi connectivity index (χ4v) is 0. The van der Waals surface area contributed by atoms with Crippen LogP contribution in [0, 0.1) is 0 Å². The van der Waals surface area contributed by atoms with Gasteiger partial charge in [-0.15, -0.1) is 0 Å². The van der Waals surface area contributed by atoms with Gasteiger partial charge in [-0.05, 0) is 0 Å². The van der Waals surface area contributed by atoms with E-state index in [1.807, 2.05) is 0 Å². The van der Waals surface area contributed by atoms with E-state index in [4.69, 9.17) is 0 Å². The molecule has 0 aromatic heterocycles. The molecule has 0 saturated carbocycles. The number of rotatable bonds is 1. The molecular formula is C3H7Ge. The monoisotopic (exact) mass is 117 g/mol. The zero-order valence-electron chi connectivity index (χ0n) is 2.91. The van der Waals surface area contributed by atoms with Crippen molar-refractivity contribution < 1.29 is 0 Å². The van der Waals surface area contributed by atoms with Gasteiger partial charge >= 0.3 is 35.1 Å². The van der Waals surface area contributed by atoms with E-state index in [0.717, 1.165) is 0 Å². The van der Waals surface area contributed by atoms with Gasteiger partial charge in [0.25, 0.3) is 0 Å². The summed E-state index contributed by atoms with van der Waals surface area (Å²) >= 11 is 2.18. The standard InChI is InChI=1S/C3H7Ge/c1-2-3-4/h2-3H2,1H3. The fraction of sp³-hybridized carbons (Fsp3) is 1.00. The van der Waals surface area contributed by atoms with Crippen LogP contribution in [-0.2, 0) is 0 Å². The normalized spacial score (nSPS) is 7.50. The summed E-state index contributed by atoms with van der Waals surface area (Å²) in [4.78, 5) is 0. The molecule has 0 nitrogen and oxygen atoms in total. The molecule has 0 aliphatic rings. The fourth-order valence-electron chi connectivity index (χ4n) is 0. The Kier molecular flexibility index (Phi) is 4.02. The van der Waals surface area contributed by atoms with Crippen molar-refractivity contribution in [3.63, 3.8) is 0 Å². The van der Waals surface area contributed by atoms with E-state index in [-0.39, 0.29) is 0 Å². The third-order valence-corrected chi connectivity index (χ3v) is 1.30. The van der Waals surface area contributed by atoms with Crippen LogP contribution >= 0.6 is 0 Å². The molecule has 0 aliphatic heterocycles. The van der Waals surface area contributed by atoms with Gasteiger partial charge < -0.3 is 0 Å². The van der Waals surface area contributed by atoms with E-state index in [9.17, 15) is 0 Å². The van der Waals surface area contributed by atoms with Crippen molar-refractivity contribution in [2.24, 2.45) is 0 Å². The molecule has 0 bridgehead atoms. The first-order valence-electron chi connectivity index (χ1n) is 1.56. The average molecular weight is 116 g/mol. The van der Waals surface area contributed by atoms with Gasteiger partial charge in [0.2, 0.25) is 0 Å². The average Bonchev–Trinajstić information content (AvgIpc) is 1.37. The van der Waals surface area contributed by atoms with E-state index in [1.165, 1.54) is 11.7 Å². The van der Waals surface area contributed by atoms with Crippen LogP contribution in [0.3, 0.4) is 0 Å². The van der Waals surface area contributed by atoms with E-state index in [2.05, 4.69) is 23.4 Å². The Hall–Kier alpha value is 0.543. The molecule has 0 aromatic carbocycles. The maximum atomic E-state index is 2.18. The van der Waals surface area contributed by atoms with Crippen molar-refractivity contribution in [3.05, 3.63) is 0 Å². The van der Waals surface area contributed by atoms with Crippen molar-refractivity contribution >= 4 is 16.5 Å². The molecule has 3 radical (unpaired) electrons. The third kappa shape index (κ3) is 2.54. The van der Waals surface area contributed by atoms with E-state index in [1.54, 1.807) is 0 Å². The topological polar surface area (TPSA) is 0 Å². The molecule has 23 valence electrons. The molecule has 0 unspecified atom stereocenters. The summed E-state index contributed by atoms with van der Waals surface area (Å²) in [5, 5.41) is 1.32. The van der Waals surface area contributed by atoms with E-state index in [0.29, 0.717) is 0 Å². The minimum absolute atomic E-state index is 1.32. The summed E-state index contributed by atoms with van der Waals surface area (Å²) in [7, 11) is 0. The molecule has 0 fully saturated rings.